The van der Waals surface area contributed by atoms with E-state index in [1.807, 2.05) is 13.8 Å². The highest BCUT2D eigenvalue weighted by Crippen LogP contribution is 2.31. The van der Waals surface area contributed by atoms with Crippen LogP contribution >= 0.6 is 0 Å². The second-order valence-electron chi connectivity index (χ2n) is 3.92. The van der Waals surface area contributed by atoms with E-state index in [1.54, 1.807) is 0 Å². The minimum absolute atomic E-state index is 0.0513. The molecule has 4 N–H and O–H groups in total. The molecule has 0 aliphatic rings. The van der Waals surface area contributed by atoms with Gasteiger partial charge in [-0.3, -0.25) is 10.1 Å². The molecule has 0 radical (unpaired) electrons. The maximum Gasteiger partial charge on any atom is 0.274 e. The molecule has 5 nitrogen and oxygen atoms in total. The highest BCUT2D eigenvalue weighted by Gasteiger charge is 2.18. The lowest BCUT2D eigenvalue weighted by Crippen LogP contribution is -2.06. The molecule has 0 unspecified atom stereocenters. The predicted octanol–water partition coefficient (Wildman–Crippen LogP) is 1.96. The van der Waals surface area contributed by atoms with Gasteiger partial charge in [-0.2, -0.15) is 0 Å². The largest absolute Gasteiger partial charge is 0.397 e. The molecule has 0 saturated carbocycles. The first-order valence-corrected chi connectivity index (χ1v) is 4.74. The van der Waals surface area contributed by atoms with Crippen LogP contribution < -0.4 is 11.5 Å². The average molecular weight is 209 g/mol. The van der Waals surface area contributed by atoms with Crippen LogP contribution in [0.2, 0.25) is 0 Å². The summed E-state index contributed by atoms with van der Waals surface area (Å²) >= 11 is 0. The smallest absolute Gasteiger partial charge is 0.274 e. The monoisotopic (exact) mass is 209 g/mol. The van der Waals surface area contributed by atoms with E-state index in [2.05, 4.69) is 0 Å². The molecule has 0 bridgehead atoms. The van der Waals surface area contributed by atoms with Gasteiger partial charge >= 0.3 is 0 Å². The number of nitrogens with zero attached hydrogens (tertiary/aromatic N) is 1. The van der Waals surface area contributed by atoms with Crippen molar-refractivity contribution in [3.63, 3.8) is 0 Å². The van der Waals surface area contributed by atoms with Gasteiger partial charge in [0.15, 0.2) is 0 Å². The van der Waals surface area contributed by atoms with E-state index in [9.17, 15) is 10.1 Å². The maximum atomic E-state index is 10.8. The SMILES string of the molecule is CC(C)Cc1c([N+](=O)[O-])ccc(N)c1N. The molecule has 1 aromatic rings. The first kappa shape index (κ1) is 11.3. The van der Waals surface area contributed by atoms with Crippen LogP contribution in [0.5, 0.6) is 0 Å². The number of nitrogens with two attached hydrogens (primary N) is 2. The number of hydrogen-bond acceptors (Lipinski definition) is 4. The Balaban J connectivity index is 3.28. The summed E-state index contributed by atoms with van der Waals surface area (Å²) in [5, 5.41) is 10.8. The fourth-order valence-corrected chi connectivity index (χ4v) is 1.47. The number of nitrogen functional groups attached to an aromatic ring is 2. The first-order valence-electron chi connectivity index (χ1n) is 4.74. The lowest BCUT2D eigenvalue weighted by molar-refractivity contribution is -0.385. The van der Waals surface area contributed by atoms with Gasteiger partial charge in [-0.1, -0.05) is 13.8 Å². The molecule has 0 atom stereocenters. The molecular formula is C10H15N3O2. The van der Waals surface area contributed by atoms with Crippen molar-refractivity contribution in [2.24, 2.45) is 5.92 Å². The first-order chi connectivity index (χ1) is 6.93. The van der Waals surface area contributed by atoms with Crippen molar-refractivity contribution in [1.29, 1.82) is 0 Å². The Labute approximate surface area is 88.2 Å². The molecule has 0 saturated heterocycles. The lowest BCUT2D eigenvalue weighted by Gasteiger charge is -2.10. The van der Waals surface area contributed by atoms with E-state index >= 15 is 0 Å². The molecule has 0 amide bonds. The van der Waals surface area contributed by atoms with Crippen LogP contribution in [0.1, 0.15) is 19.4 Å². The van der Waals surface area contributed by atoms with E-state index in [0.717, 1.165) is 0 Å². The van der Waals surface area contributed by atoms with Gasteiger partial charge in [0.1, 0.15) is 0 Å². The highest BCUT2D eigenvalue weighted by molar-refractivity contribution is 5.72. The number of hydrogen-bond donors (Lipinski definition) is 2. The summed E-state index contributed by atoms with van der Waals surface area (Å²) in [4.78, 5) is 10.4. The molecule has 5 heteroatoms. The fraction of sp³-hybridized carbons (Fsp3) is 0.400. The number of rotatable bonds is 3. The topological polar surface area (TPSA) is 95.2 Å². The normalized spacial score (nSPS) is 10.6. The summed E-state index contributed by atoms with van der Waals surface area (Å²) in [6.07, 6.45) is 0.563. The molecule has 0 aliphatic carbocycles. The molecule has 1 aromatic carbocycles. The molecule has 0 aromatic heterocycles. The molecule has 0 fully saturated rings. The standard InChI is InChI=1S/C10H15N3O2/c1-6(2)5-7-9(13(14)15)4-3-8(11)10(7)12/h3-4,6H,5,11-12H2,1-2H3. The Morgan fingerprint density at radius 2 is 2.00 bits per heavy atom. The zero-order valence-corrected chi connectivity index (χ0v) is 8.86. The molecule has 1 rings (SSSR count). The van der Waals surface area contributed by atoms with Gasteiger partial charge in [0.05, 0.1) is 21.9 Å². The van der Waals surface area contributed by atoms with Crippen LogP contribution in [0.4, 0.5) is 17.1 Å². The zero-order valence-electron chi connectivity index (χ0n) is 8.86. The Hall–Kier alpha value is -1.78. The Morgan fingerprint density at radius 1 is 1.40 bits per heavy atom. The third-order valence-electron chi connectivity index (χ3n) is 2.18. The summed E-state index contributed by atoms with van der Waals surface area (Å²) in [5.41, 5.74) is 12.7. The summed E-state index contributed by atoms with van der Waals surface area (Å²) in [5.74, 6) is 0.299. The van der Waals surface area contributed by atoms with E-state index in [1.165, 1.54) is 12.1 Å². The van der Waals surface area contributed by atoms with E-state index in [0.29, 0.717) is 29.3 Å². The van der Waals surface area contributed by atoms with Crippen molar-refractivity contribution < 1.29 is 4.92 Å². The average Bonchev–Trinajstić information content (AvgIpc) is 2.12. The van der Waals surface area contributed by atoms with Crippen molar-refractivity contribution >= 4 is 17.1 Å². The van der Waals surface area contributed by atoms with Gasteiger partial charge in [-0.15, -0.1) is 0 Å². The van der Waals surface area contributed by atoms with Gasteiger partial charge in [0.25, 0.3) is 5.69 Å². The highest BCUT2D eigenvalue weighted by atomic mass is 16.6. The minimum Gasteiger partial charge on any atom is -0.397 e. The van der Waals surface area contributed by atoms with Crippen molar-refractivity contribution in [2.45, 2.75) is 20.3 Å². The maximum absolute atomic E-state index is 10.8. The molecule has 82 valence electrons. The predicted molar refractivity (Wildman–Crippen MR) is 60.5 cm³/mol. The molecule has 0 aliphatic heterocycles. The van der Waals surface area contributed by atoms with Crippen LogP contribution in [0.25, 0.3) is 0 Å². The van der Waals surface area contributed by atoms with Crippen LogP contribution in [-0.4, -0.2) is 4.92 Å². The van der Waals surface area contributed by atoms with E-state index in [4.69, 9.17) is 11.5 Å². The summed E-state index contributed by atoms with van der Waals surface area (Å²) < 4.78 is 0. The van der Waals surface area contributed by atoms with Crippen LogP contribution in [0.15, 0.2) is 12.1 Å². The molecule has 0 spiro atoms. The number of nitro groups is 1. The number of nitro benzene ring substituents is 1. The molecule has 15 heavy (non-hydrogen) atoms. The van der Waals surface area contributed by atoms with Gasteiger partial charge in [0, 0.05) is 6.07 Å². The number of benzene rings is 1. The second kappa shape index (κ2) is 4.16. The fourth-order valence-electron chi connectivity index (χ4n) is 1.47. The summed E-state index contributed by atoms with van der Waals surface area (Å²) in [6, 6.07) is 2.88. The third-order valence-corrected chi connectivity index (χ3v) is 2.18. The zero-order chi connectivity index (χ0) is 11.6. The van der Waals surface area contributed by atoms with E-state index < -0.39 is 4.92 Å². The molecular weight excluding hydrogens is 194 g/mol. The van der Waals surface area contributed by atoms with Crippen molar-refractivity contribution in [2.75, 3.05) is 11.5 Å². The summed E-state index contributed by atoms with van der Waals surface area (Å²) in [6.45, 7) is 3.96. The number of anilines is 2. The van der Waals surface area contributed by atoms with E-state index in [-0.39, 0.29) is 5.69 Å². The van der Waals surface area contributed by atoms with Crippen molar-refractivity contribution in [1.82, 2.24) is 0 Å². The van der Waals surface area contributed by atoms with Gasteiger partial charge < -0.3 is 11.5 Å². The van der Waals surface area contributed by atoms with Gasteiger partial charge in [-0.25, -0.2) is 0 Å². The van der Waals surface area contributed by atoms with Crippen molar-refractivity contribution in [3.8, 4) is 0 Å². The van der Waals surface area contributed by atoms with Gasteiger partial charge in [0.2, 0.25) is 0 Å². The summed E-state index contributed by atoms with van der Waals surface area (Å²) in [7, 11) is 0. The Morgan fingerprint density at radius 3 is 2.47 bits per heavy atom. The Kier molecular flexibility index (Phi) is 3.14. The third kappa shape index (κ3) is 2.37. The van der Waals surface area contributed by atoms with Crippen molar-refractivity contribution in [3.05, 3.63) is 27.8 Å². The van der Waals surface area contributed by atoms with Crippen LogP contribution in [-0.2, 0) is 6.42 Å². The quantitative estimate of drug-likeness (QED) is 0.452. The van der Waals surface area contributed by atoms with Crippen LogP contribution in [0, 0.1) is 16.0 Å². The van der Waals surface area contributed by atoms with Gasteiger partial charge in [-0.05, 0) is 18.4 Å². The minimum atomic E-state index is -0.423. The second-order valence-corrected chi connectivity index (χ2v) is 3.92. The Bertz CT molecular complexity index is 388. The molecule has 0 heterocycles. The van der Waals surface area contributed by atoms with Crippen LogP contribution in [0.3, 0.4) is 0 Å². The lowest BCUT2D eigenvalue weighted by atomic mass is 9.99.